The highest BCUT2D eigenvalue weighted by Gasteiger charge is 2.18. The van der Waals surface area contributed by atoms with E-state index >= 15 is 0 Å². The Hall–Kier alpha value is -1.17. The predicted octanol–water partition coefficient (Wildman–Crippen LogP) is 0.959. The second-order valence-electron chi connectivity index (χ2n) is 5.08. The molecule has 0 radical (unpaired) electrons. The first-order chi connectivity index (χ1) is 9.85. The van der Waals surface area contributed by atoms with E-state index in [4.69, 9.17) is 4.74 Å². The van der Waals surface area contributed by atoms with Gasteiger partial charge in [0.25, 0.3) is 0 Å². The number of nitrogens with zero attached hydrogens (tertiary/aromatic N) is 3. The highest BCUT2D eigenvalue weighted by atomic mass is 16.5. The lowest BCUT2D eigenvalue weighted by Crippen LogP contribution is -2.46. The van der Waals surface area contributed by atoms with Gasteiger partial charge in [-0.25, -0.2) is 4.98 Å². The molecule has 1 fully saturated rings. The number of hydrogen-bond donors (Lipinski definition) is 1. The van der Waals surface area contributed by atoms with Crippen molar-refractivity contribution in [2.45, 2.75) is 13.5 Å². The molecule has 0 bridgehead atoms. The number of anilines is 1. The number of ether oxygens (including phenoxy) is 1. The van der Waals surface area contributed by atoms with E-state index in [1.165, 1.54) is 5.56 Å². The summed E-state index contributed by atoms with van der Waals surface area (Å²) in [5, 5.41) is 3.40. The van der Waals surface area contributed by atoms with Crippen molar-refractivity contribution in [3.8, 4) is 0 Å². The van der Waals surface area contributed by atoms with Gasteiger partial charge < -0.3 is 19.9 Å². The maximum Gasteiger partial charge on any atom is 0.133 e. The Morgan fingerprint density at radius 3 is 2.80 bits per heavy atom. The fourth-order valence-corrected chi connectivity index (χ4v) is 2.53. The van der Waals surface area contributed by atoms with Gasteiger partial charge in [0.2, 0.25) is 0 Å². The summed E-state index contributed by atoms with van der Waals surface area (Å²) in [6, 6.07) is 4.17. The van der Waals surface area contributed by atoms with Crippen molar-refractivity contribution >= 4 is 5.82 Å². The molecule has 1 N–H and O–H groups in total. The maximum atomic E-state index is 5.06. The van der Waals surface area contributed by atoms with E-state index in [1.807, 2.05) is 12.3 Å². The van der Waals surface area contributed by atoms with Gasteiger partial charge in [-0.2, -0.15) is 0 Å². The van der Waals surface area contributed by atoms with E-state index in [1.54, 1.807) is 7.11 Å². The molecule has 5 nitrogen and oxygen atoms in total. The van der Waals surface area contributed by atoms with Crippen molar-refractivity contribution < 1.29 is 4.74 Å². The SMILES string of the molecule is CCN1CCN(c2ncccc2CNCCOC)CC1. The molecule has 0 unspecified atom stereocenters. The minimum absolute atomic E-state index is 0.741. The number of rotatable bonds is 7. The van der Waals surface area contributed by atoms with Crippen molar-refractivity contribution in [2.75, 3.05) is 57.9 Å². The van der Waals surface area contributed by atoms with Gasteiger partial charge >= 0.3 is 0 Å². The van der Waals surface area contributed by atoms with Crippen LogP contribution >= 0.6 is 0 Å². The minimum atomic E-state index is 0.741. The molecule has 0 saturated carbocycles. The molecule has 112 valence electrons. The number of nitrogens with one attached hydrogen (secondary N) is 1. The van der Waals surface area contributed by atoms with Crippen LogP contribution in [0.4, 0.5) is 5.82 Å². The van der Waals surface area contributed by atoms with Crippen molar-refractivity contribution in [1.29, 1.82) is 0 Å². The standard InChI is InChI=1S/C15H26N4O/c1-3-18-8-10-19(11-9-18)15-14(5-4-6-17-15)13-16-7-12-20-2/h4-6,16H,3,7-13H2,1-2H3. The molecule has 20 heavy (non-hydrogen) atoms. The molecule has 2 heterocycles. The number of pyridine rings is 1. The summed E-state index contributed by atoms with van der Waals surface area (Å²) in [4.78, 5) is 9.47. The molecule has 1 aliphatic rings. The summed E-state index contributed by atoms with van der Waals surface area (Å²) in [7, 11) is 1.73. The van der Waals surface area contributed by atoms with E-state index in [0.29, 0.717) is 0 Å². The number of hydrogen-bond acceptors (Lipinski definition) is 5. The summed E-state index contributed by atoms with van der Waals surface area (Å²) in [6.45, 7) is 10.2. The number of likely N-dealkylation sites (N-methyl/N-ethyl adjacent to an activating group) is 1. The van der Waals surface area contributed by atoms with Gasteiger partial charge in [0.1, 0.15) is 5.82 Å². The average molecular weight is 278 g/mol. The second-order valence-corrected chi connectivity index (χ2v) is 5.08. The molecule has 0 aromatic carbocycles. The lowest BCUT2D eigenvalue weighted by Gasteiger charge is -2.35. The number of methoxy groups -OCH3 is 1. The monoisotopic (exact) mass is 278 g/mol. The Kier molecular flexibility index (Phi) is 6.24. The molecule has 1 saturated heterocycles. The van der Waals surface area contributed by atoms with Crippen LogP contribution in [0, 0.1) is 0 Å². The lowest BCUT2D eigenvalue weighted by atomic mass is 10.2. The first-order valence-electron chi connectivity index (χ1n) is 7.46. The molecular weight excluding hydrogens is 252 g/mol. The van der Waals surface area contributed by atoms with Crippen LogP contribution in [-0.4, -0.2) is 62.9 Å². The Balaban J connectivity index is 1.93. The van der Waals surface area contributed by atoms with Crippen LogP contribution in [0.2, 0.25) is 0 Å². The molecule has 2 rings (SSSR count). The third-order valence-electron chi connectivity index (χ3n) is 3.78. The summed E-state index contributed by atoms with van der Waals surface area (Å²) < 4.78 is 5.06. The second kappa shape index (κ2) is 8.19. The summed E-state index contributed by atoms with van der Waals surface area (Å²) in [5.41, 5.74) is 1.27. The normalized spacial score (nSPS) is 16.6. The van der Waals surface area contributed by atoms with Crippen LogP contribution in [0.15, 0.2) is 18.3 Å². The molecule has 0 aliphatic carbocycles. The Morgan fingerprint density at radius 2 is 2.10 bits per heavy atom. The van der Waals surface area contributed by atoms with Crippen LogP contribution in [0.5, 0.6) is 0 Å². The topological polar surface area (TPSA) is 40.6 Å². The average Bonchev–Trinajstić information content (AvgIpc) is 2.52. The first-order valence-corrected chi connectivity index (χ1v) is 7.46. The molecule has 1 aromatic heterocycles. The third-order valence-corrected chi connectivity index (χ3v) is 3.78. The van der Waals surface area contributed by atoms with Gasteiger partial charge in [0.05, 0.1) is 6.61 Å². The Morgan fingerprint density at radius 1 is 1.30 bits per heavy atom. The quantitative estimate of drug-likeness (QED) is 0.752. The van der Waals surface area contributed by atoms with Crippen LogP contribution in [0.3, 0.4) is 0 Å². The van der Waals surface area contributed by atoms with Crippen LogP contribution in [0.1, 0.15) is 12.5 Å². The van der Waals surface area contributed by atoms with Crippen molar-refractivity contribution in [3.05, 3.63) is 23.9 Å². The highest BCUT2D eigenvalue weighted by molar-refractivity contribution is 5.47. The van der Waals surface area contributed by atoms with Gasteiger partial charge in [-0.1, -0.05) is 13.0 Å². The number of piperazine rings is 1. The zero-order valence-electron chi connectivity index (χ0n) is 12.6. The smallest absolute Gasteiger partial charge is 0.133 e. The molecule has 1 aromatic rings. The molecular formula is C15H26N4O. The van der Waals surface area contributed by atoms with E-state index in [0.717, 1.165) is 58.2 Å². The van der Waals surface area contributed by atoms with Crippen LogP contribution in [-0.2, 0) is 11.3 Å². The lowest BCUT2D eigenvalue weighted by molar-refractivity contribution is 0.199. The Bertz CT molecular complexity index is 391. The van der Waals surface area contributed by atoms with E-state index in [-0.39, 0.29) is 0 Å². The first kappa shape index (κ1) is 15.2. The summed E-state index contributed by atoms with van der Waals surface area (Å²) in [5.74, 6) is 1.13. The zero-order valence-corrected chi connectivity index (χ0v) is 12.6. The van der Waals surface area contributed by atoms with Gasteiger partial charge in [-0.05, 0) is 12.6 Å². The Labute approximate surface area is 121 Å². The van der Waals surface area contributed by atoms with Crippen molar-refractivity contribution in [2.24, 2.45) is 0 Å². The van der Waals surface area contributed by atoms with Gasteiger partial charge in [0, 0.05) is 58.1 Å². The fraction of sp³-hybridized carbons (Fsp3) is 0.667. The van der Waals surface area contributed by atoms with Crippen LogP contribution < -0.4 is 10.2 Å². The van der Waals surface area contributed by atoms with E-state index in [2.05, 4.69) is 33.1 Å². The largest absolute Gasteiger partial charge is 0.383 e. The maximum absolute atomic E-state index is 5.06. The van der Waals surface area contributed by atoms with Crippen LogP contribution in [0.25, 0.3) is 0 Å². The minimum Gasteiger partial charge on any atom is -0.383 e. The van der Waals surface area contributed by atoms with Gasteiger partial charge in [-0.15, -0.1) is 0 Å². The summed E-state index contributed by atoms with van der Waals surface area (Å²) in [6.07, 6.45) is 1.89. The fourth-order valence-electron chi connectivity index (χ4n) is 2.53. The molecule has 0 amide bonds. The third kappa shape index (κ3) is 4.16. The van der Waals surface area contributed by atoms with Gasteiger partial charge in [0.15, 0.2) is 0 Å². The highest BCUT2D eigenvalue weighted by Crippen LogP contribution is 2.18. The predicted molar refractivity (Wildman–Crippen MR) is 82.1 cm³/mol. The molecule has 1 aliphatic heterocycles. The summed E-state index contributed by atoms with van der Waals surface area (Å²) >= 11 is 0. The molecule has 5 heteroatoms. The zero-order chi connectivity index (χ0) is 14.2. The van der Waals surface area contributed by atoms with E-state index < -0.39 is 0 Å². The van der Waals surface area contributed by atoms with E-state index in [9.17, 15) is 0 Å². The molecule has 0 spiro atoms. The number of aromatic nitrogens is 1. The van der Waals surface area contributed by atoms with Crippen molar-refractivity contribution in [3.63, 3.8) is 0 Å². The van der Waals surface area contributed by atoms with Crippen molar-refractivity contribution in [1.82, 2.24) is 15.2 Å². The van der Waals surface area contributed by atoms with Gasteiger partial charge in [-0.3, -0.25) is 0 Å². The molecule has 0 atom stereocenters.